The van der Waals surface area contributed by atoms with E-state index in [1.54, 1.807) is 18.3 Å². The third kappa shape index (κ3) is 3.25. The van der Waals surface area contributed by atoms with Gasteiger partial charge in [-0.1, -0.05) is 6.07 Å². The molecule has 0 aliphatic carbocycles. The molecule has 3 aromatic heterocycles. The second kappa shape index (κ2) is 7.26. The number of benzene rings is 1. The maximum Gasteiger partial charge on any atom is 0.265 e. The molecule has 4 aromatic rings. The molecule has 7 nitrogen and oxygen atoms in total. The van der Waals surface area contributed by atoms with E-state index in [-0.39, 0.29) is 17.5 Å². The van der Waals surface area contributed by atoms with Crippen LogP contribution in [0.3, 0.4) is 0 Å². The summed E-state index contributed by atoms with van der Waals surface area (Å²) in [6.45, 7) is 3.63. The van der Waals surface area contributed by atoms with Gasteiger partial charge in [0.2, 0.25) is 0 Å². The van der Waals surface area contributed by atoms with Gasteiger partial charge in [-0.25, -0.2) is 4.98 Å². The first-order valence-corrected chi connectivity index (χ1v) is 11.2. The number of nitrogens with one attached hydrogen (secondary N) is 3. The number of aromatic nitrogens is 2. The van der Waals surface area contributed by atoms with E-state index in [4.69, 9.17) is 4.74 Å². The van der Waals surface area contributed by atoms with E-state index < -0.39 is 6.10 Å². The molecule has 3 N–H and O–H groups in total. The Labute approximate surface area is 179 Å². The summed E-state index contributed by atoms with van der Waals surface area (Å²) < 4.78 is 5.59. The van der Waals surface area contributed by atoms with E-state index in [1.165, 1.54) is 11.3 Å². The quantitative estimate of drug-likeness (QED) is 0.433. The SMILES string of the molecule is C[C@H](Nc1ccc2c(c1)NC(=O)[C@@H](C)O2)c1nc2scc(-c3cccs3)c2c(=O)[nH]1. The molecule has 0 fully saturated rings. The number of amides is 1. The van der Waals surface area contributed by atoms with Crippen LogP contribution < -0.4 is 20.9 Å². The summed E-state index contributed by atoms with van der Waals surface area (Å²) in [6, 6.07) is 9.22. The number of hydrogen-bond donors (Lipinski definition) is 3. The zero-order valence-electron chi connectivity index (χ0n) is 16.2. The third-order valence-electron chi connectivity index (χ3n) is 4.95. The molecule has 0 bridgehead atoms. The van der Waals surface area contributed by atoms with E-state index in [0.29, 0.717) is 27.5 Å². The Hall–Kier alpha value is -3.17. The van der Waals surface area contributed by atoms with Crippen molar-refractivity contribution in [1.82, 2.24) is 9.97 Å². The van der Waals surface area contributed by atoms with Crippen LogP contribution >= 0.6 is 22.7 Å². The number of fused-ring (bicyclic) bond motifs is 2. The topological polar surface area (TPSA) is 96.1 Å². The Morgan fingerprint density at radius 3 is 2.90 bits per heavy atom. The average Bonchev–Trinajstić information content (AvgIpc) is 3.38. The van der Waals surface area contributed by atoms with E-state index in [2.05, 4.69) is 20.6 Å². The van der Waals surface area contributed by atoms with E-state index in [1.807, 2.05) is 48.0 Å². The smallest absolute Gasteiger partial charge is 0.265 e. The number of hydrogen-bond acceptors (Lipinski definition) is 7. The fourth-order valence-corrected chi connectivity index (χ4v) is 5.17. The average molecular weight is 439 g/mol. The summed E-state index contributed by atoms with van der Waals surface area (Å²) in [4.78, 5) is 34.0. The third-order valence-corrected chi connectivity index (χ3v) is 6.73. The van der Waals surface area contributed by atoms with E-state index in [0.717, 1.165) is 16.1 Å². The van der Waals surface area contributed by atoms with Gasteiger partial charge in [-0.2, -0.15) is 0 Å². The van der Waals surface area contributed by atoms with Crippen LogP contribution in [0.1, 0.15) is 25.7 Å². The van der Waals surface area contributed by atoms with Crippen LogP contribution in [0.25, 0.3) is 20.7 Å². The molecule has 0 spiro atoms. The van der Waals surface area contributed by atoms with Crippen molar-refractivity contribution in [3.05, 3.63) is 57.3 Å². The van der Waals surface area contributed by atoms with Crippen LogP contribution in [0.4, 0.5) is 11.4 Å². The first-order valence-electron chi connectivity index (χ1n) is 9.43. The van der Waals surface area contributed by atoms with Gasteiger partial charge in [0.15, 0.2) is 6.10 Å². The van der Waals surface area contributed by atoms with Crippen molar-refractivity contribution in [2.75, 3.05) is 10.6 Å². The Bertz CT molecular complexity index is 1310. The minimum atomic E-state index is -0.513. The predicted molar refractivity (Wildman–Crippen MR) is 121 cm³/mol. The molecule has 2 atom stereocenters. The number of carbonyl (C=O) groups is 1. The van der Waals surface area contributed by atoms with Gasteiger partial charge in [0.1, 0.15) is 16.4 Å². The van der Waals surface area contributed by atoms with Crippen molar-refractivity contribution in [2.45, 2.75) is 26.0 Å². The molecule has 0 saturated heterocycles. The Balaban J connectivity index is 1.43. The number of aromatic amines is 1. The second-order valence-electron chi connectivity index (χ2n) is 7.08. The van der Waals surface area contributed by atoms with Crippen LogP contribution in [0, 0.1) is 0 Å². The van der Waals surface area contributed by atoms with Gasteiger partial charge in [-0.15, -0.1) is 22.7 Å². The van der Waals surface area contributed by atoms with Crippen molar-refractivity contribution in [3.8, 4) is 16.2 Å². The number of anilines is 2. The highest BCUT2D eigenvalue weighted by molar-refractivity contribution is 7.18. The molecular weight excluding hydrogens is 420 g/mol. The van der Waals surface area contributed by atoms with Crippen molar-refractivity contribution in [3.63, 3.8) is 0 Å². The van der Waals surface area contributed by atoms with Crippen molar-refractivity contribution in [2.24, 2.45) is 0 Å². The fraction of sp³-hybridized carbons (Fsp3) is 0.190. The molecule has 30 heavy (non-hydrogen) atoms. The van der Waals surface area contributed by atoms with Gasteiger partial charge in [0.25, 0.3) is 11.5 Å². The van der Waals surface area contributed by atoms with E-state index >= 15 is 0 Å². The van der Waals surface area contributed by atoms with Gasteiger partial charge in [0.05, 0.1) is 17.1 Å². The molecule has 152 valence electrons. The summed E-state index contributed by atoms with van der Waals surface area (Å²) in [5, 5.41) is 10.8. The van der Waals surface area contributed by atoms with Crippen molar-refractivity contribution >= 4 is 50.2 Å². The summed E-state index contributed by atoms with van der Waals surface area (Å²) in [6.07, 6.45) is -0.513. The summed E-state index contributed by atoms with van der Waals surface area (Å²) >= 11 is 3.07. The molecule has 1 aliphatic rings. The number of rotatable bonds is 4. The van der Waals surface area contributed by atoms with Crippen LogP contribution in [0.5, 0.6) is 5.75 Å². The highest BCUT2D eigenvalue weighted by Gasteiger charge is 2.24. The highest BCUT2D eigenvalue weighted by atomic mass is 32.1. The molecule has 9 heteroatoms. The van der Waals surface area contributed by atoms with Crippen LogP contribution in [0.2, 0.25) is 0 Å². The summed E-state index contributed by atoms with van der Waals surface area (Å²) in [5.74, 6) is 1.01. The number of nitrogens with zero attached hydrogens (tertiary/aromatic N) is 1. The monoisotopic (exact) mass is 438 g/mol. The van der Waals surface area contributed by atoms with Crippen molar-refractivity contribution < 1.29 is 9.53 Å². The molecule has 1 amide bonds. The van der Waals surface area contributed by atoms with Crippen LogP contribution in [-0.2, 0) is 4.79 Å². The lowest BCUT2D eigenvalue weighted by molar-refractivity contribution is -0.122. The van der Waals surface area contributed by atoms with Crippen LogP contribution in [-0.4, -0.2) is 22.0 Å². The van der Waals surface area contributed by atoms with E-state index in [9.17, 15) is 9.59 Å². The Morgan fingerprint density at radius 1 is 1.23 bits per heavy atom. The van der Waals surface area contributed by atoms with Gasteiger partial charge in [-0.3, -0.25) is 9.59 Å². The highest BCUT2D eigenvalue weighted by Crippen LogP contribution is 2.35. The summed E-state index contributed by atoms with van der Waals surface area (Å²) in [5.41, 5.74) is 2.18. The van der Waals surface area contributed by atoms with Crippen molar-refractivity contribution in [1.29, 1.82) is 0 Å². The Kier molecular flexibility index (Phi) is 4.56. The second-order valence-corrected chi connectivity index (χ2v) is 8.89. The molecule has 0 radical (unpaired) electrons. The van der Waals surface area contributed by atoms with Gasteiger partial charge >= 0.3 is 0 Å². The molecule has 0 saturated carbocycles. The lowest BCUT2D eigenvalue weighted by Gasteiger charge is -2.24. The fourth-order valence-electron chi connectivity index (χ4n) is 3.40. The lowest BCUT2D eigenvalue weighted by atomic mass is 10.2. The van der Waals surface area contributed by atoms with Gasteiger partial charge in [0, 0.05) is 21.5 Å². The zero-order valence-corrected chi connectivity index (χ0v) is 17.8. The molecular formula is C21H18N4O3S2. The number of thiophene rings is 2. The standard InChI is InChI=1S/C21H18N4O3S2/c1-10(22-12-5-6-15-14(8-12)23-19(26)11(2)28-15)18-24-20(27)17-13(9-30-21(17)25-18)16-4-3-7-29-16/h3-11,22H,1-2H3,(H,23,26)(H,24,25,27)/t10-,11+/m0/s1. The maximum absolute atomic E-state index is 12.8. The number of ether oxygens (including phenoxy) is 1. The molecule has 4 heterocycles. The first-order chi connectivity index (χ1) is 14.5. The van der Waals surface area contributed by atoms with Gasteiger partial charge in [-0.05, 0) is 43.5 Å². The Morgan fingerprint density at radius 2 is 2.10 bits per heavy atom. The van der Waals surface area contributed by atoms with Crippen LogP contribution in [0.15, 0.2) is 45.9 Å². The lowest BCUT2D eigenvalue weighted by Crippen LogP contribution is -2.34. The number of carbonyl (C=O) groups excluding carboxylic acids is 1. The normalized spacial score (nSPS) is 16.6. The molecule has 1 aromatic carbocycles. The summed E-state index contributed by atoms with van der Waals surface area (Å²) in [7, 11) is 0. The number of H-pyrrole nitrogens is 1. The molecule has 5 rings (SSSR count). The predicted octanol–water partition coefficient (Wildman–Crippen LogP) is 4.61. The first kappa shape index (κ1) is 18.8. The minimum absolute atomic E-state index is 0.145. The largest absolute Gasteiger partial charge is 0.479 e. The minimum Gasteiger partial charge on any atom is -0.479 e. The molecule has 0 unspecified atom stereocenters. The molecule has 1 aliphatic heterocycles. The van der Waals surface area contributed by atoms with Gasteiger partial charge < -0.3 is 20.4 Å². The maximum atomic E-state index is 12.8. The zero-order chi connectivity index (χ0) is 20.8.